The quantitative estimate of drug-likeness (QED) is 0.771. The van der Waals surface area contributed by atoms with Crippen molar-refractivity contribution in [2.24, 2.45) is 10.8 Å². The minimum Gasteiger partial charge on any atom is -0.350 e. The second kappa shape index (κ2) is 5.34. The molecule has 0 radical (unpaired) electrons. The molecule has 2 fully saturated rings. The second-order valence-corrected chi connectivity index (χ2v) is 8.96. The van der Waals surface area contributed by atoms with E-state index in [1.165, 1.54) is 19.3 Å². The maximum Gasteiger partial charge on any atom is 0.162 e. The van der Waals surface area contributed by atoms with E-state index in [4.69, 9.17) is 9.47 Å². The Hall–Kier alpha value is 0.270. The molecule has 18 heavy (non-hydrogen) atoms. The molecule has 3 heteroatoms. The van der Waals surface area contributed by atoms with E-state index in [-0.39, 0.29) is 11.7 Å². The van der Waals surface area contributed by atoms with Crippen LogP contribution in [-0.2, 0) is 9.47 Å². The number of thioether (sulfide) groups is 1. The van der Waals surface area contributed by atoms with Gasteiger partial charge < -0.3 is 9.47 Å². The summed E-state index contributed by atoms with van der Waals surface area (Å²) in [5, 5.41) is 1.58. The highest BCUT2D eigenvalue weighted by Crippen LogP contribution is 2.47. The smallest absolute Gasteiger partial charge is 0.162 e. The lowest BCUT2D eigenvalue weighted by atomic mass is 9.84. The summed E-state index contributed by atoms with van der Waals surface area (Å²) in [5.74, 6) is 0. The van der Waals surface area contributed by atoms with Crippen LogP contribution >= 0.6 is 11.8 Å². The van der Waals surface area contributed by atoms with Crippen LogP contribution in [0.2, 0.25) is 0 Å². The van der Waals surface area contributed by atoms with Crippen LogP contribution in [0.15, 0.2) is 0 Å². The molecule has 2 atom stereocenters. The summed E-state index contributed by atoms with van der Waals surface area (Å²) < 4.78 is 11.4. The molecule has 2 rings (SSSR count). The van der Waals surface area contributed by atoms with Gasteiger partial charge in [-0.2, -0.15) is 11.8 Å². The Morgan fingerprint density at radius 2 is 1.61 bits per heavy atom. The minimum atomic E-state index is 0.00628. The fourth-order valence-corrected chi connectivity index (χ4v) is 4.93. The Morgan fingerprint density at radius 1 is 1.00 bits per heavy atom. The van der Waals surface area contributed by atoms with Crippen molar-refractivity contribution in [1.29, 1.82) is 0 Å². The molecule has 0 N–H and O–H groups in total. The van der Waals surface area contributed by atoms with Crippen LogP contribution in [0.4, 0.5) is 0 Å². The average Bonchev–Trinajstić information content (AvgIpc) is 2.83. The average molecular weight is 272 g/mol. The lowest BCUT2D eigenvalue weighted by Gasteiger charge is -2.33. The zero-order chi connectivity index (χ0) is 13.4. The van der Waals surface area contributed by atoms with Crippen LogP contribution in [-0.4, -0.2) is 30.0 Å². The highest BCUT2D eigenvalue weighted by atomic mass is 32.2. The molecule has 2 aliphatic rings. The van der Waals surface area contributed by atoms with Crippen LogP contribution in [0.5, 0.6) is 0 Å². The molecule has 0 amide bonds. The van der Waals surface area contributed by atoms with Crippen LogP contribution < -0.4 is 0 Å². The van der Waals surface area contributed by atoms with Gasteiger partial charge in [-0.05, 0) is 24.7 Å². The fourth-order valence-electron chi connectivity index (χ4n) is 2.99. The molecular weight excluding hydrogens is 244 g/mol. The van der Waals surface area contributed by atoms with Gasteiger partial charge in [-0.1, -0.05) is 34.6 Å². The van der Waals surface area contributed by atoms with Gasteiger partial charge in [0.05, 0.1) is 13.2 Å². The van der Waals surface area contributed by atoms with Gasteiger partial charge in [0, 0.05) is 15.9 Å². The monoisotopic (exact) mass is 272 g/mol. The van der Waals surface area contributed by atoms with E-state index < -0.39 is 0 Å². The molecular formula is C15H28O2S. The predicted molar refractivity (Wildman–Crippen MR) is 77.9 cm³/mol. The van der Waals surface area contributed by atoms with E-state index in [0.717, 1.165) is 23.7 Å². The van der Waals surface area contributed by atoms with Crippen molar-refractivity contribution in [1.82, 2.24) is 0 Å². The summed E-state index contributed by atoms with van der Waals surface area (Å²) in [5.41, 5.74) is 0.574. The third-order valence-corrected chi connectivity index (χ3v) is 6.15. The van der Waals surface area contributed by atoms with Crippen molar-refractivity contribution >= 4 is 11.8 Å². The summed E-state index contributed by atoms with van der Waals surface area (Å²) in [7, 11) is 0. The van der Waals surface area contributed by atoms with Crippen LogP contribution in [0, 0.1) is 10.8 Å². The molecule has 2 nitrogen and oxygen atoms in total. The summed E-state index contributed by atoms with van der Waals surface area (Å²) >= 11 is 2.19. The second-order valence-electron chi connectivity index (χ2n) is 7.46. The first-order valence-corrected chi connectivity index (χ1v) is 8.12. The lowest BCUT2D eigenvalue weighted by molar-refractivity contribution is -0.122. The zero-order valence-electron chi connectivity index (χ0n) is 12.5. The molecule has 0 aromatic carbocycles. The van der Waals surface area contributed by atoms with Gasteiger partial charge in [-0.3, -0.25) is 0 Å². The zero-order valence-corrected chi connectivity index (χ0v) is 13.3. The van der Waals surface area contributed by atoms with E-state index in [2.05, 4.69) is 46.4 Å². The summed E-state index contributed by atoms with van der Waals surface area (Å²) in [4.78, 5) is 0. The first kappa shape index (κ1) is 14.7. The van der Waals surface area contributed by atoms with Gasteiger partial charge >= 0.3 is 0 Å². The molecule has 0 aromatic heterocycles. The molecule has 2 unspecified atom stereocenters. The van der Waals surface area contributed by atoms with Crippen molar-refractivity contribution < 1.29 is 9.47 Å². The highest BCUT2D eigenvalue weighted by molar-refractivity contribution is 8.00. The van der Waals surface area contributed by atoms with E-state index in [9.17, 15) is 0 Å². The molecule has 0 spiro atoms. The third-order valence-electron chi connectivity index (χ3n) is 4.09. The summed E-state index contributed by atoms with van der Waals surface area (Å²) in [6.45, 7) is 13.2. The van der Waals surface area contributed by atoms with E-state index in [1.807, 2.05) is 0 Å². The van der Waals surface area contributed by atoms with Gasteiger partial charge in [0.15, 0.2) is 6.29 Å². The summed E-state index contributed by atoms with van der Waals surface area (Å²) in [6, 6.07) is 0. The first-order chi connectivity index (χ1) is 8.29. The molecule has 0 bridgehead atoms. The first-order valence-electron chi connectivity index (χ1n) is 7.18. The predicted octanol–water partition coefficient (Wildman–Crippen LogP) is 4.09. The van der Waals surface area contributed by atoms with Crippen LogP contribution in [0.3, 0.4) is 0 Å². The molecule has 2 saturated heterocycles. The summed E-state index contributed by atoms with van der Waals surface area (Å²) in [6.07, 6.45) is 3.92. The normalized spacial score (nSPS) is 31.2. The van der Waals surface area contributed by atoms with Crippen molar-refractivity contribution in [3.8, 4) is 0 Å². The van der Waals surface area contributed by atoms with Gasteiger partial charge in [0.1, 0.15) is 0 Å². The third kappa shape index (κ3) is 3.43. The molecule has 0 aromatic rings. The maximum atomic E-state index is 5.69. The SMILES string of the molecule is CC(C)(C)C1CCC(CC(C)(C)C2OCCO2)S1. The Bertz CT molecular complexity index is 277. The number of ether oxygens (including phenoxy) is 2. The van der Waals surface area contributed by atoms with Crippen LogP contribution in [0.25, 0.3) is 0 Å². The molecule has 106 valence electrons. The van der Waals surface area contributed by atoms with Crippen molar-refractivity contribution in [3.63, 3.8) is 0 Å². The molecule has 2 aliphatic heterocycles. The molecule has 0 aliphatic carbocycles. The van der Waals surface area contributed by atoms with E-state index in [0.29, 0.717) is 5.41 Å². The molecule has 0 saturated carbocycles. The number of hydrogen-bond acceptors (Lipinski definition) is 3. The standard InChI is InChI=1S/C15H28O2S/c1-14(2,3)12-7-6-11(18-12)10-15(4,5)13-16-8-9-17-13/h11-13H,6-10H2,1-5H3. The van der Waals surface area contributed by atoms with Crippen molar-refractivity contribution in [3.05, 3.63) is 0 Å². The van der Waals surface area contributed by atoms with E-state index in [1.54, 1.807) is 0 Å². The van der Waals surface area contributed by atoms with Gasteiger partial charge in [-0.15, -0.1) is 0 Å². The Labute approximate surface area is 116 Å². The Morgan fingerprint density at radius 3 is 2.11 bits per heavy atom. The highest BCUT2D eigenvalue weighted by Gasteiger charge is 2.40. The van der Waals surface area contributed by atoms with Gasteiger partial charge in [-0.25, -0.2) is 0 Å². The topological polar surface area (TPSA) is 18.5 Å². The molecule has 2 heterocycles. The fraction of sp³-hybridized carbons (Fsp3) is 1.00. The largest absolute Gasteiger partial charge is 0.350 e. The maximum absolute atomic E-state index is 5.69. The minimum absolute atomic E-state index is 0.00628. The lowest BCUT2D eigenvalue weighted by Crippen LogP contribution is -2.32. The number of hydrogen-bond donors (Lipinski definition) is 0. The van der Waals surface area contributed by atoms with Gasteiger partial charge in [0.25, 0.3) is 0 Å². The van der Waals surface area contributed by atoms with Crippen molar-refractivity contribution in [2.45, 2.75) is 70.7 Å². The Kier molecular flexibility index (Phi) is 4.35. The van der Waals surface area contributed by atoms with Crippen LogP contribution in [0.1, 0.15) is 53.9 Å². The Balaban J connectivity index is 1.87. The number of rotatable bonds is 3. The van der Waals surface area contributed by atoms with Crippen molar-refractivity contribution in [2.75, 3.05) is 13.2 Å². The van der Waals surface area contributed by atoms with E-state index >= 15 is 0 Å². The van der Waals surface area contributed by atoms with Gasteiger partial charge in [0.2, 0.25) is 0 Å².